The highest BCUT2D eigenvalue weighted by molar-refractivity contribution is 7.85. The van der Waals surface area contributed by atoms with Crippen LogP contribution in [0.1, 0.15) is 0 Å². The van der Waals surface area contributed by atoms with E-state index >= 15 is 0 Å². The summed E-state index contributed by atoms with van der Waals surface area (Å²) in [4.78, 5) is 7.36. The monoisotopic (exact) mass is 403 g/mol. The van der Waals surface area contributed by atoms with Gasteiger partial charge in [-0.1, -0.05) is 47.5 Å². The molecule has 0 atom stereocenters. The molecule has 0 fully saturated rings. The first kappa shape index (κ1) is 20.7. The minimum Gasteiger partial charge on any atom is -0.370 e. The van der Waals surface area contributed by atoms with Crippen molar-refractivity contribution in [3.05, 3.63) is 58.6 Å². The Morgan fingerprint density at radius 1 is 0.960 bits per heavy atom. The molecule has 0 bridgehead atoms. The van der Waals surface area contributed by atoms with Crippen molar-refractivity contribution in [2.75, 3.05) is 0 Å². The van der Waals surface area contributed by atoms with Gasteiger partial charge in [-0.2, -0.15) is 13.4 Å². The van der Waals surface area contributed by atoms with Gasteiger partial charge in [0.15, 0.2) is 5.96 Å². The highest BCUT2D eigenvalue weighted by Gasteiger charge is 2.05. The van der Waals surface area contributed by atoms with Gasteiger partial charge in [-0.3, -0.25) is 4.55 Å². The van der Waals surface area contributed by atoms with E-state index in [-0.39, 0.29) is 16.8 Å². The normalized spacial score (nSPS) is 11.2. The minimum absolute atomic E-state index is 0.0741. The summed E-state index contributed by atoms with van der Waals surface area (Å²) in [7, 11) is -4.00. The summed E-state index contributed by atoms with van der Waals surface area (Å²) < 4.78 is 29.2. The molecule has 0 aliphatic rings. The van der Waals surface area contributed by atoms with E-state index in [1.54, 1.807) is 36.4 Å². The molecule has 0 saturated heterocycles. The molecule has 0 aliphatic carbocycles. The molecule has 0 unspecified atom stereocenters. The van der Waals surface area contributed by atoms with Crippen molar-refractivity contribution in [3.63, 3.8) is 0 Å². The van der Waals surface area contributed by atoms with Crippen molar-refractivity contribution >= 4 is 50.9 Å². The van der Waals surface area contributed by atoms with Gasteiger partial charge in [0.25, 0.3) is 10.1 Å². The molecular weight excluding hydrogens is 389 g/mol. The van der Waals surface area contributed by atoms with Crippen molar-refractivity contribution < 1.29 is 13.0 Å². The van der Waals surface area contributed by atoms with Gasteiger partial charge in [-0.05, 0) is 24.3 Å². The van der Waals surface area contributed by atoms with Gasteiger partial charge in [0.1, 0.15) is 0 Å². The third-order valence-corrected chi connectivity index (χ3v) is 4.13. The Kier molecular flexibility index (Phi) is 7.65. The molecule has 0 aliphatic heterocycles. The van der Waals surface area contributed by atoms with Crippen molar-refractivity contribution in [2.45, 2.75) is 4.90 Å². The molecule has 11 heteroatoms. The van der Waals surface area contributed by atoms with Crippen LogP contribution in [-0.2, 0) is 10.1 Å². The molecule has 0 amide bonds. The number of hydrogen-bond acceptors (Lipinski definition) is 3. The number of halogens is 2. The Balaban J connectivity index is 0.000000271. The van der Waals surface area contributed by atoms with Crippen LogP contribution in [0.2, 0.25) is 10.0 Å². The average Bonchev–Trinajstić information content (AvgIpc) is 2.52. The van der Waals surface area contributed by atoms with Gasteiger partial charge < -0.3 is 17.2 Å². The summed E-state index contributed by atoms with van der Waals surface area (Å²) in [5.41, 5.74) is 16.1. The average molecular weight is 404 g/mol. The molecule has 0 heterocycles. The molecule has 134 valence electrons. The Bertz CT molecular complexity index is 883. The molecule has 8 nitrogen and oxygen atoms in total. The lowest BCUT2D eigenvalue weighted by Gasteiger charge is -2.00. The number of hydrogen-bond donors (Lipinski definition) is 4. The molecule has 0 saturated carbocycles. The molecule has 7 N–H and O–H groups in total. The lowest BCUT2D eigenvalue weighted by atomic mass is 10.3. The van der Waals surface area contributed by atoms with Gasteiger partial charge in [-0.15, -0.1) is 0 Å². The number of rotatable bonds is 2. The first-order valence-corrected chi connectivity index (χ1v) is 8.71. The molecule has 2 aromatic carbocycles. The number of benzene rings is 2. The Morgan fingerprint density at radius 3 is 2.04 bits per heavy atom. The lowest BCUT2D eigenvalue weighted by molar-refractivity contribution is 0.483. The third-order valence-electron chi connectivity index (χ3n) is 2.45. The minimum atomic E-state index is -4.00. The maximum atomic E-state index is 10.4. The largest absolute Gasteiger partial charge is 0.370 e. The highest BCUT2D eigenvalue weighted by Crippen LogP contribution is 2.31. The summed E-state index contributed by atoms with van der Waals surface area (Å²) in [6.07, 6.45) is 0. The second-order valence-electron chi connectivity index (χ2n) is 4.37. The van der Waals surface area contributed by atoms with E-state index in [1.807, 2.05) is 0 Å². The Hall–Kier alpha value is -2.33. The number of nitrogens with zero attached hydrogens (tertiary/aromatic N) is 2. The van der Waals surface area contributed by atoms with Gasteiger partial charge >= 0.3 is 0 Å². The van der Waals surface area contributed by atoms with E-state index in [0.29, 0.717) is 15.7 Å². The van der Waals surface area contributed by atoms with Crippen LogP contribution in [-0.4, -0.2) is 24.9 Å². The summed E-state index contributed by atoms with van der Waals surface area (Å²) in [6.45, 7) is 0. The zero-order valence-electron chi connectivity index (χ0n) is 12.7. The van der Waals surface area contributed by atoms with Crippen LogP contribution in [0.15, 0.2) is 63.4 Å². The molecule has 0 spiro atoms. The smallest absolute Gasteiger partial charge is 0.294 e. The Morgan fingerprint density at radius 2 is 1.56 bits per heavy atom. The van der Waals surface area contributed by atoms with Crippen LogP contribution in [0.4, 0.5) is 5.69 Å². The molecule has 0 radical (unpaired) electrons. The summed E-state index contributed by atoms with van der Waals surface area (Å²) >= 11 is 11.6. The lowest BCUT2D eigenvalue weighted by Crippen LogP contribution is -2.26. The van der Waals surface area contributed by atoms with Gasteiger partial charge in [-0.25, -0.2) is 4.99 Å². The van der Waals surface area contributed by atoms with Crippen molar-refractivity contribution in [1.82, 2.24) is 0 Å². The third kappa shape index (κ3) is 7.40. The maximum Gasteiger partial charge on any atom is 0.294 e. The van der Waals surface area contributed by atoms with Crippen LogP contribution in [0, 0.1) is 0 Å². The summed E-state index contributed by atoms with van der Waals surface area (Å²) in [5, 5.41) is 0.684. The van der Waals surface area contributed by atoms with Crippen molar-refractivity contribution in [3.8, 4) is 0 Å². The number of guanidine groups is 2. The first-order chi connectivity index (χ1) is 11.6. The van der Waals surface area contributed by atoms with Crippen LogP contribution < -0.4 is 17.2 Å². The molecule has 2 aromatic rings. The van der Waals surface area contributed by atoms with E-state index in [1.165, 1.54) is 12.1 Å². The fraction of sp³-hybridized carbons (Fsp3) is 0. The number of aliphatic imine (C=N–C) groups is 2. The standard InChI is InChI=1S/C8H9Cl2N5.C6H6O3S/c9-4-2-1-3-5(6(4)10)14-8(13)15-7(11)12;7-10(8,9)6-4-2-1-3-5-6/h1-3H,(H6,11,12,13,14,15);1-5H,(H,7,8,9). The van der Waals surface area contributed by atoms with Gasteiger partial charge in [0.2, 0.25) is 5.96 Å². The zero-order chi connectivity index (χ0) is 19.0. The van der Waals surface area contributed by atoms with E-state index in [9.17, 15) is 8.42 Å². The highest BCUT2D eigenvalue weighted by atomic mass is 35.5. The second kappa shape index (κ2) is 9.23. The van der Waals surface area contributed by atoms with Crippen LogP contribution >= 0.6 is 23.2 Å². The zero-order valence-corrected chi connectivity index (χ0v) is 15.0. The van der Waals surface area contributed by atoms with E-state index in [0.717, 1.165) is 0 Å². The molecule has 0 aromatic heterocycles. The SMILES string of the molecule is NC(N)=NC(N)=Nc1cccc(Cl)c1Cl.O=S(=O)(O)c1ccccc1. The second-order valence-corrected chi connectivity index (χ2v) is 6.57. The predicted octanol–water partition coefficient (Wildman–Crippen LogP) is 2.15. The van der Waals surface area contributed by atoms with Gasteiger partial charge in [0, 0.05) is 0 Å². The van der Waals surface area contributed by atoms with Crippen LogP contribution in [0.5, 0.6) is 0 Å². The predicted molar refractivity (Wildman–Crippen MR) is 99.8 cm³/mol. The van der Waals surface area contributed by atoms with Crippen molar-refractivity contribution in [1.29, 1.82) is 0 Å². The fourth-order valence-electron chi connectivity index (χ4n) is 1.45. The van der Waals surface area contributed by atoms with Crippen LogP contribution in [0.25, 0.3) is 0 Å². The fourth-order valence-corrected chi connectivity index (χ4v) is 2.29. The molecular formula is C14H15Cl2N5O3S. The molecule has 2 rings (SSSR count). The topological polar surface area (TPSA) is 157 Å². The summed E-state index contributed by atoms with van der Waals surface area (Å²) in [6, 6.07) is 12.4. The number of nitrogens with two attached hydrogens (primary N) is 3. The van der Waals surface area contributed by atoms with Gasteiger partial charge in [0.05, 0.1) is 20.6 Å². The van der Waals surface area contributed by atoms with Crippen LogP contribution in [0.3, 0.4) is 0 Å². The van der Waals surface area contributed by atoms with E-state index < -0.39 is 10.1 Å². The van der Waals surface area contributed by atoms with E-state index in [2.05, 4.69) is 9.98 Å². The van der Waals surface area contributed by atoms with Crippen molar-refractivity contribution in [2.24, 2.45) is 27.2 Å². The summed E-state index contributed by atoms with van der Waals surface area (Å²) in [5.74, 6) is -0.256. The Labute approximate surface area is 154 Å². The maximum absolute atomic E-state index is 10.4. The molecule has 25 heavy (non-hydrogen) atoms. The first-order valence-electron chi connectivity index (χ1n) is 6.51. The van der Waals surface area contributed by atoms with E-state index in [4.69, 9.17) is 45.0 Å². The quantitative estimate of drug-likeness (QED) is 0.341.